The topological polar surface area (TPSA) is 3.24 Å². The fraction of sp³-hybridized carbons (Fsp3) is 0.400. The van der Waals surface area contributed by atoms with Crippen LogP contribution in [0, 0.1) is 6.92 Å². The van der Waals surface area contributed by atoms with Gasteiger partial charge in [-0.2, -0.15) is 0 Å². The van der Waals surface area contributed by atoms with Gasteiger partial charge < -0.3 is 4.90 Å². The summed E-state index contributed by atoms with van der Waals surface area (Å²) in [6.07, 6.45) is 16.6. The molecule has 0 atom stereocenters. The Morgan fingerprint density at radius 2 is 1.86 bits per heavy atom. The second kappa shape index (κ2) is 7.87. The maximum absolute atomic E-state index is 2.39. The van der Waals surface area contributed by atoms with Crippen molar-refractivity contribution in [1.82, 2.24) is 4.90 Å². The van der Waals surface area contributed by atoms with Gasteiger partial charge in [0.05, 0.1) is 0 Å². The number of benzene rings is 1. The Labute approximate surface area is 129 Å². The number of allylic oxidation sites excluding steroid dienone is 5. The SMILES string of the molecule is CCN(C)C=CCc1cc(C)cc(C2CC=CC=CC2)c1. The summed E-state index contributed by atoms with van der Waals surface area (Å²) in [6, 6.07) is 7.05. The van der Waals surface area contributed by atoms with Crippen LogP contribution in [0.1, 0.15) is 42.4 Å². The quantitative estimate of drug-likeness (QED) is 0.734. The molecule has 1 aliphatic rings. The third kappa shape index (κ3) is 4.93. The van der Waals surface area contributed by atoms with Gasteiger partial charge in [0.1, 0.15) is 0 Å². The van der Waals surface area contributed by atoms with Crippen molar-refractivity contribution in [3.05, 3.63) is 71.5 Å². The van der Waals surface area contributed by atoms with Crippen molar-refractivity contribution in [2.45, 2.75) is 39.0 Å². The summed E-state index contributed by atoms with van der Waals surface area (Å²) in [4.78, 5) is 2.21. The second-order valence-electron chi connectivity index (χ2n) is 5.94. The van der Waals surface area contributed by atoms with Gasteiger partial charge in [-0.3, -0.25) is 0 Å². The molecule has 0 amide bonds. The highest BCUT2D eigenvalue weighted by Gasteiger charge is 2.11. The van der Waals surface area contributed by atoms with Crippen molar-refractivity contribution in [2.24, 2.45) is 0 Å². The first kappa shape index (κ1) is 15.6. The minimum Gasteiger partial charge on any atom is -0.381 e. The molecular formula is C20H27N. The van der Waals surface area contributed by atoms with Gasteiger partial charge in [-0.05, 0) is 56.4 Å². The molecule has 1 aromatic carbocycles. The summed E-state index contributed by atoms with van der Waals surface area (Å²) in [6.45, 7) is 5.43. The Hall–Kier alpha value is -1.76. The molecule has 0 unspecified atom stereocenters. The number of hydrogen-bond acceptors (Lipinski definition) is 1. The van der Waals surface area contributed by atoms with Gasteiger partial charge in [-0.25, -0.2) is 0 Å². The zero-order chi connectivity index (χ0) is 15.1. The van der Waals surface area contributed by atoms with Gasteiger partial charge in [0, 0.05) is 13.6 Å². The molecule has 21 heavy (non-hydrogen) atoms. The van der Waals surface area contributed by atoms with Crippen LogP contribution in [0.4, 0.5) is 0 Å². The van der Waals surface area contributed by atoms with Gasteiger partial charge in [-0.15, -0.1) is 0 Å². The third-order valence-electron chi connectivity index (χ3n) is 4.07. The fourth-order valence-electron chi connectivity index (χ4n) is 2.73. The summed E-state index contributed by atoms with van der Waals surface area (Å²) in [5, 5.41) is 0. The number of rotatable bonds is 5. The zero-order valence-electron chi connectivity index (χ0n) is 13.5. The average molecular weight is 281 g/mol. The van der Waals surface area contributed by atoms with E-state index in [1.54, 1.807) is 0 Å². The summed E-state index contributed by atoms with van der Waals surface area (Å²) in [5.41, 5.74) is 4.28. The van der Waals surface area contributed by atoms with Crippen LogP contribution < -0.4 is 0 Å². The van der Waals surface area contributed by atoms with E-state index < -0.39 is 0 Å². The Morgan fingerprint density at radius 1 is 1.14 bits per heavy atom. The molecule has 0 heterocycles. The molecule has 0 aromatic heterocycles. The predicted octanol–water partition coefficient (Wildman–Crippen LogP) is 4.99. The van der Waals surface area contributed by atoms with E-state index in [4.69, 9.17) is 0 Å². The highest BCUT2D eigenvalue weighted by atomic mass is 15.1. The Kier molecular flexibility index (Phi) is 5.86. The van der Waals surface area contributed by atoms with E-state index in [9.17, 15) is 0 Å². The molecule has 0 N–H and O–H groups in total. The van der Waals surface area contributed by atoms with Crippen LogP contribution >= 0.6 is 0 Å². The smallest absolute Gasteiger partial charge is 0.0140 e. The van der Waals surface area contributed by atoms with Crippen LogP contribution in [0.3, 0.4) is 0 Å². The van der Waals surface area contributed by atoms with Crippen LogP contribution in [-0.4, -0.2) is 18.5 Å². The summed E-state index contributed by atoms with van der Waals surface area (Å²) in [7, 11) is 2.11. The molecule has 0 aliphatic heterocycles. The molecular weight excluding hydrogens is 254 g/mol. The minimum absolute atomic E-state index is 0.626. The molecule has 0 fully saturated rings. The summed E-state index contributed by atoms with van der Waals surface area (Å²) < 4.78 is 0. The third-order valence-corrected chi connectivity index (χ3v) is 4.07. The van der Waals surface area contributed by atoms with E-state index in [-0.39, 0.29) is 0 Å². The molecule has 0 spiro atoms. The molecule has 0 saturated carbocycles. The van der Waals surface area contributed by atoms with Crippen molar-refractivity contribution in [3.8, 4) is 0 Å². The van der Waals surface area contributed by atoms with E-state index in [2.05, 4.69) is 80.6 Å². The highest BCUT2D eigenvalue weighted by Crippen LogP contribution is 2.28. The molecule has 2 rings (SSSR count). The predicted molar refractivity (Wildman–Crippen MR) is 92.6 cm³/mol. The van der Waals surface area contributed by atoms with Gasteiger partial charge in [0.25, 0.3) is 0 Å². The lowest BCUT2D eigenvalue weighted by Crippen LogP contribution is -2.08. The first-order chi connectivity index (χ1) is 10.2. The van der Waals surface area contributed by atoms with Crippen LogP contribution in [-0.2, 0) is 6.42 Å². The lowest BCUT2D eigenvalue weighted by atomic mass is 9.90. The van der Waals surface area contributed by atoms with E-state index in [1.807, 2.05) is 0 Å². The number of hydrogen-bond donors (Lipinski definition) is 0. The van der Waals surface area contributed by atoms with E-state index in [1.165, 1.54) is 16.7 Å². The maximum Gasteiger partial charge on any atom is 0.0140 e. The second-order valence-corrected chi connectivity index (χ2v) is 5.94. The van der Waals surface area contributed by atoms with Crippen molar-refractivity contribution in [3.63, 3.8) is 0 Å². The van der Waals surface area contributed by atoms with E-state index >= 15 is 0 Å². The van der Waals surface area contributed by atoms with Crippen molar-refractivity contribution >= 4 is 0 Å². The van der Waals surface area contributed by atoms with Crippen LogP contribution in [0.25, 0.3) is 0 Å². The van der Waals surface area contributed by atoms with Gasteiger partial charge >= 0.3 is 0 Å². The summed E-state index contributed by atoms with van der Waals surface area (Å²) in [5.74, 6) is 0.626. The first-order valence-electron chi connectivity index (χ1n) is 7.98. The standard InChI is InChI=1S/C20H27N/c1-4-21(3)13-9-10-18-14-17(2)15-20(16-18)19-11-7-5-6-8-12-19/h5-9,13-16,19H,4,10-12H2,1-3H3. The largest absolute Gasteiger partial charge is 0.381 e. The molecule has 0 saturated heterocycles. The number of aryl methyl sites for hydroxylation is 1. The van der Waals surface area contributed by atoms with Gasteiger partial charge in [0.2, 0.25) is 0 Å². The maximum atomic E-state index is 2.39. The Bertz CT molecular complexity index is 523. The Morgan fingerprint density at radius 3 is 2.52 bits per heavy atom. The molecule has 1 nitrogen and oxygen atoms in total. The molecule has 1 aliphatic carbocycles. The molecule has 0 radical (unpaired) electrons. The zero-order valence-corrected chi connectivity index (χ0v) is 13.5. The van der Waals surface area contributed by atoms with Crippen molar-refractivity contribution < 1.29 is 0 Å². The first-order valence-corrected chi connectivity index (χ1v) is 7.98. The van der Waals surface area contributed by atoms with Crippen LogP contribution in [0.2, 0.25) is 0 Å². The molecule has 112 valence electrons. The monoisotopic (exact) mass is 281 g/mol. The van der Waals surface area contributed by atoms with Gasteiger partial charge in [0.15, 0.2) is 0 Å². The highest BCUT2D eigenvalue weighted by molar-refractivity contribution is 5.34. The fourth-order valence-corrected chi connectivity index (χ4v) is 2.73. The molecule has 1 heteroatoms. The van der Waals surface area contributed by atoms with E-state index in [0.29, 0.717) is 5.92 Å². The average Bonchev–Trinajstić information content (AvgIpc) is 2.75. The van der Waals surface area contributed by atoms with Crippen LogP contribution in [0.5, 0.6) is 0 Å². The minimum atomic E-state index is 0.626. The summed E-state index contributed by atoms with van der Waals surface area (Å²) >= 11 is 0. The van der Waals surface area contributed by atoms with Crippen LogP contribution in [0.15, 0.2) is 54.8 Å². The van der Waals surface area contributed by atoms with Crippen molar-refractivity contribution in [2.75, 3.05) is 13.6 Å². The normalized spacial score (nSPS) is 15.6. The lowest BCUT2D eigenvalue weighted by Gasteiger charge is -2.15. The Balaban J connectivity index is 2.11. The molecule has 1 aromatic rings. The van der Waals surface area contributed by atoms with Gasteiger partial charge in [-0.1, -0.05) is 54.1 Å². The molecule has 0 bridgehead atoms. The number of nitrogens with zero attached hydrogens (tertiary/aromatic N) is 1. The van der Waals surface area contributed by atoms with Crippen molar-refractivity contribution in [1.29, 1.82) is 0 Å². The lowest BCUT2D eigenvalue weighted by molar-refractivity contribution is 0.482. The van der Waals surface area contributed by atoms with E-state index in [0.717, 1.165) is 25.8 Å².